The van der Waals surface area contributed by atoms with Crippen molar-refractivity contribution in [3.63, 3.8) is 0 Å². The van der Waals surface area contributed by atoms with E-state index in [1.54, 1.807) is 12.1 Å². The fourth-order valence-corrected chi connectivity index (χ4v) is 1.83. The summed E-state index contributed by atoms with van der Waals surface area (Å²) in [7, 11) is 0. The molecule has 2 rings (SSSR count). The normalized spacial score (nSPS) is 21.0. The Kier molecular flexibility index (Phi) is 2.64. The minimum atomic E-state index is -0.203. The summed E-state index contributed by atoms with van der Waals surface area (Å²) in [6, 6.07) is 6.53. The van der Waals surface area contributed by atoms with Crippen LogP contribution in [0.15, 0.2) is 30.3 Å². The molecule has 2 heteroatoms. The minimum absolute atomic E-state index is 0.203. The van der Waals surface area contributed by atoms with Crippen molar-refractivity contribution in [2.24, 2.45) is 5.92 Å². The number of hydrogen-bond acceptors (Lipinski definition) is 1. The predicted molar refractivity (Wildman–Crippen MR) is 54.2 cm³/mol. The zero-order valence-electron chi connectivity index (χ0n) is 7.91. The van der Waals surface area contributed by atoms with Crippen LogP contribution in [-0.2, 0) is 0 Å². The van der Waals surface area contributed by atoms with Gasteiger partial charge in [0.25, 0.3) is 0 Å². The van der Waals surface area contributed by atoms with Gasteiger partial charge in [-0.15, -0.1) is 0 Å². The van der Waals surface area contributed by atoms with E-state index in [9.17, 15) is 4.39 Å². The molecule has 74 valence electrons. The lowest BCUT2D eigenvalue weighted by Crippen LogP contribution is -1.99. The molecule has 1 aromatic rings. The van der Waals surface area contributed by atoms with Gasteiger partial charge in [-0.05, 0) is 42.0 Å². The van der Waals surface area contributed by atoms with Crippen LogP contribution in [0, 0.1) is 11.7 Å². The Morgan fingerprint density at radius 2 is 2.00 bits per heavy atom. The second-order valence-electron chi connectivity index (χ2n) is 3.72. The topological polar surface area (TPSA) is 20.2 Å². The largest absolute Gasteiger partial charge is 0.396 e. The summed E-state index contributed by atoms with van der Waals surface area (Å²) < 4.78 is 12.7. The molecule has 0 amide bonds. The van der Waals surface area contributed by atoms with Crippen molar-refractivity contribution in [1.29, 1.82) is 0 Å². The van der Waals surface area contributed by atoms with E-state index in [4.69, 9.17) is 5.11 Å². The molecule has 1 atom stereocenters. The third-order valence-electron chi connectivity index (χ3n) is 2.68. The van der Waals surface area contributed by atoms with Crippen molar-refractivity contribution in [3.05, 3.63) is 41.7 Å². The molecule has 0 radical (unpaired) electrons. The van der Waals surface area contributed by atoms with E-state index in [0.717, 1.165) is 18.4 Å². The summed E-state index contributed by atoms with van der Waals surface area (Å²) in [6.07, 6.45) is 3.97. The first kappa shape index (κ1) is 9.41. The van der Waals surface area contributed by atoms with Crippen LogP contribution < -0.4 is 0 Å². The third kappa shape index (κ3) is 1.85. The van der Waals surface area contributed by atoms with E-state index in [1.165, 1.54) is 17.7 Å². The third-order valence-corrected chi connectivity index (χ3v) is 2.68. The van der Waals surface area contributed by atoms with Gasteiger partial charge in [0.2, 0.25) is 0 Å². The Bertz CT molecular complexity index is 340. The van der Waals surface area contributed by atoms with Gasteiger partial charge >= 0.3 is 0 Å². The van der Waals surface area contributed by atoms with E-state index in [-0.39, 0.29) is 12.4 Å². The Balaban J connectivity index is 2.13. The predicted octanol–water partition coefficient (Wildman–Crippen LogP) is 2.61. The van der Waals surface area contributed by atoms with Gasteiger partial charge in [-0.25, -0.2) is 4.39 Å². The Labute approximate surface area is 82.9 Å². The molecule has 1 aliphatic rings. The van der Waals surface area contributed by atoms with E-state index < -0.39 is 0 Å². The van der Waals surface area contributed by atoms with Crippen molar-refractivity contribution < 1.29 is 9.50 Å². The highest BCUT2D eigenvalue weighted by atomic mass is 19.1. The van der Waals surface area contributed by atoms with Crippen LogP contribution >= 0.6 is 0 Å². The molecule has 1 aromatic carbocycles. The number of hydrogen-bond donors (Lipinski definition) is 1. The lowest BCUT2D eigenvalue weighted by molar-refractivity contribution is 0.234. The molecule has 1 aliphatic carbocycles. The van der Waals surface area contributed by atoms with Gasteiger partial charge in [-0.3, -0.25) is 0 Å². The molecule has 0 saturated carbocycles. The summed E-state index contributed by atoms with van der Waals surface area (Å²) in [4.78, 5) is 0. The molecule has 1 nitrogen and oxygen atoms in total. The molecule has 0 spiro atoms. The van der Waals surface area contributed by atoms with Crippen LogP contribution in [0.4, 0.5) is 4.39 Å². The van der Waals surface area contributed by atoms with Crippen LogP contribution in [-0.4, -0.2) is 11.7 Å². The fourth-order valence-electron chi connectivity index (χ4n) is 1.83. The fraction of sp³-hybridized carbons (Fsp3) is 0.333. The van der Waals surface area contributed by atoms with Crippen LogP contribution in [0.2, 0.25) is 0 Å². The summed E-state index contributed by atoms with van der Waals surface area (Å²) >= 11 is 0. The Hall–Kier alpha value is -1.15. The summed E-state index contributed by atoms with van der Waals surface area (Å²) in [5, 5.41) is 8.98. The maximum Gasteiger partial charge on any atom is 0.123 e. The number of rotatable bonds is 2. The van der Waals surface area contributed by atoms with Gasteiger partial charge < -0.3 is 5.11 Å². The molecule has 0 saturated heterocycles. The first-order valence-electron chi connectivity index (χ1n) is 4.85. The smallest absolute Gasteiger partial charge is 0.123 e. The summed E-state index contributed by atoms with van der Waals surface area (Å²) in [5.74, 6) is 0.154. The Morgan fingerprint density at radius 1 is 1.29 bits per heavy atom. The van der Waals surface area contributed by atoms with Crippen molar-refractivity contribution in [1.82, 2.24) is 0 Å². The molecular formula is C12H13FO. The van der Waals surface area contributed by atoms with Crippen LogP contribution in [0.25, 0.3) is 5.57 Å². The zero-order valence-corrected chi connectivity index (χ0v) is 7.91. The highest BCUT2D eigenvalue weighted by molar-refractivity contribution is 5.67. The molecular weight excluding hydrogens is 179 g/mol. The summed E-state index contributed by atoms with van der Waals surface area (Å²) in [6.45, 7) is 0.237. The van der Waals surface area contributed by atoms with E-state index >= 15 is 0 Å². The number of allylic oxidation sites excluding steroid dienone is 2. The molecule has 0 heterocycles. The number of aliphatic hydroxyl groups is 1. The second kappa shape index (κ2) is 3.93. The first-order chi connectivity index (χ1) is 6.79. The van der Waals surface area contributed by atoms with Gasteiger partial charge in [0.05, 0.1) is 0 Å². The highest BCUT2D eigenvalue weighted by Crippen LogP contribution is 2.31. The van der Waals surface area contributed by atoms with Crippen LogP contribution in [0.1, 0.15) is 18.4 Å². The monoisotopic (exact) mass is 192 g/mol. The molecule has 1 N–H and O–H groups in total. The lowest BCUT2D eigenvalue weighted by atomic mass is 10.0. The van der Waals surface area contributed by atoms with Crippen molar-refractivity contribution in [2.45, 2.75) is 12.8 Å². The minimum Gasteiger partial charge on any atom is -0.396 e. The van der Waals surface area contributed by atoms with Gasteiger partial charge in [0, 0.05) is 6.61 Å². The molecule has 0 aliphatic heterocycles. The number of aliphatic hydroxyl groups excluding tert-OH is 1. The second-order valence-corrected chi connectivity index (χ2v) is 3.72. The molecule has 1 unspecified atom stereocenters. The SMILES string of the molecule is OCC1CC=C(c2ccc(F)cc2)C1. The Morgan fingerprint density at radius 3 is 2.57 bits per heavy atom. The van der Waals surface area contributed by atoms with Gasteiger partial charge in [0.15, 0.2) is 0 Å². The van der Waals surface area contributed by atoms with Crippen LogP contribution in [0.3, 0.4) is 0 Å². The molecule has 14 heavy (non-hydrogen) atoms. The maximum atomic E-state index is 12.7. The van der Waals surface area contributed by atoms with Crippen molar-refractivity contribution in [2.75, 3.05) is 6.61 Å². The standard InChI is InChI=1S/C12H13FO/c13-12-5-3-10(4-6-12)11-2-1-9(7-11)8-14/h2-6,9,14H,1,7-8H2. The van der Waals surface area contributed by atoms with Crippen LogP contribution in [0.5, 0.6) is 0 Å². The highest BCUT2D eigenvalue weighted by Gasteiger charge is 2.16. The molecule has 0 aromatic heterocycles. The zero-order chi connectivity index (χ0) is 9.97. The van der Waals surface area contributed by atoms with E-state index in [0.29, 0.717) is 5.92 Å². The average Bonchev–Trinajstić information content (AvgIpc) is 2.67. The van der Waals surface area contributed by atoms with E-state index in [1.807, 2.05) is 0 Å². The number of halogens is 1. The van der Waals surface area contributed by atoms with Gasteiger partial charge in [0.1, 0.15) is 5.82 Å². The number of benzene rings is 1. The first-order valence-corrected chi connectivity index (χ1v) is 4.85. The van der Waals surface area contributed by atoms with Crippen molar-refractivity contribution >= 4 is 5.57 Å². The maximum absolute atomic E-state index is 12.7. The lowest BCUT2D eigenvalue weighted by Gasteiger charge is -2.05. The summed E-state index contributed by atoms with van der Waals surface area (Å²) in [5.41, 5.74) is 2.30. The molecule has 0 fully saturated rings. The van der Waals surface area contributed by atoms with Gasteiger partial charge in [-0.2, -0.15) is 0 Å². The van der Waals surface area contributed by atoms with Crippen molar-refractivity contribution in [3.8, 4) is 0 Å². The quantitative estimate of drug-likeness (QED) is 0.763. The average molecular weight is 192 g/mol. The van der Waals surface area contributed by atoms with E-state index in [2.05, 4.69) is 6.08 Å². The molecule has 0 bridgehead atoms. The van der Waals surface area contributed by atoms with Gasteiger partial charge in [-0.1, -0.05) is 18.2 Å².